The highest BCUT2D eigenvalue weighted by molar-refractivity contribution is 5.78. The van der Waals surface area contributed by atoms with E-state index in [1.54, 1.807) is 4.90 Å². The van der Waals surface area contributed by atoms with Crippen LogP contribution in [0.4, 0.5) is 0 Å². The van der Waals surface area contributed by atoms with Crippen LogP contribution in [0.15, 0.2) is 30.3 Å². The molecule has 22 heavy (non-hydrogen) atoms. The van der Waals surface area contributed by atoms with Crippen LogP contribution in [0.2, 0.25) is 0 Å². The van der Waals surface area contributed by atoms with Crippen LogP contribution in [0.25, 0.3) is 0 Å². The molecule has 2 rings (SSSR count). The number of nitrogens with zero attached hydrogens (tertiary/aromatic N) is 2. The van der Waals surface area contributed by atoms with Crippen molar-refractivity contribution >= 4 is 5.91 Å². The summed E-state index contributed by atoms with van der Waals surface area (Å²) in [4.78, 5) is 16.3. The summed E-state index contributed by atoms with van der Waals surface area (Å²) in [7, 11) is 3.91. The number of rotatable bonds is 6. The maximum atomic E-state index is 12.4. The van der Waals surface area contributed by atoms with Crippen molar-refractivity contribution in [3.05, 3.63) is 35.9 Å². The minimum atomic E-state index is 0.163. The molecule has 0 unspecified atom stereocenters. The average molecular weight is 304 g/mol. The van der Waals surface area contributed by atoms with E-state index in [4.69, 9.17) is 0 Å². The second-order valence-corrected chi connectivity index (χ2v) is 6.51. The molecule has 0 atom stereocenters. The third-order valence-corrected chi connectivity index (χ3v) is 4.77. The Bertz CT molecular complexity index is 455. The Balaban J connectivity index is 1.78. The number of carbonyl (C=O) groups is 1. The van der Waals surface area contributed by atoms with Gasteiger partial charge in [0, 0.05) is 26.2 Å². The molecule has 0 radical (unpaired) electrons. The Labute approximate surface area is 133 Å². The number of hydrogen-bond donors (Lipinski definition) is 1. The van der Waals surface area contributed by atoms with Crippen molar-refractivity contribution in [2.45, 2.75) is 38.3 Å². The largest absolute Gasteiger partial charge is 0.396 e. The fourth-order valence-electron chi connectivity index (χ4n) is 3.18. The van der Waals surface area contributed by atoms with Gasteiger partial charge in [-0.2, -0.15) is 0 Å². The molecule has 1 aromatic carbocycles. The number of carbonyl (C=O) groups excluding carboxylic acids is 1. The Hall–Kier alpha value is -1.39. The number of hydrogen-bond acceptors (Lipinski definition) is 3. The molecule has 1 fully saturated rings. The first-order valence-electron chi connectivity index (χ1n) is 8.19. The quantitative estimate of drug-likeness (QED) is 0.875. The van der Waals surface area contributed by atoms with E-state index in [9.17, 15) is 9.90 Å². The standard InChI is InChI=1S/C18H28N2O2/c1-19(17-10-8-16(14-21)9-11-17)13-18(22)20(2)12-15-6-4-3-5-7-15/h3-7,16-17,21H,8-14H2,1-2H3. The number of aliphatic hydroxyl groups is 1. The fourth-order valence-corrected chi connectivity index (χ4v) is 3.18. The smallest absolute Gasteiger partial charge is 0.236 e. The van der Waals surface area contributed by atoms with Crippen LogP contribution < -0.4 is 0 Å². The molecule has 0 spiro atoms. The molecular formula is C18H28N2O2. The van der Waals surface area contributed by atoms with E-state index in [1.807, 2.05) is 44.4 Å². The summed E-state index contributed by atoms with van der Waals surface area (Å²) in [6, 6.07) is 10.5. The Morgan fingerprint density at radius 3 is 2.36 bits per heavy atom. The molecule has 0 aromatic heterocycles. The van der Waals surface area contributed by atoms with Gasteiger partial charge in [-0.15, -0.1) is 0 Å². The summed E-state index contributed by atoms with van der Waals surface area (Å²) in [5, 5.41) is 9.20. The van der Waals surface area contributed by atoms with Crippen molar-refractivity contribution in [1.29, 1.82) is 0 Å². The van der Waals surface area contributed by atoms with Gasteiger partial charge < -0.3 is 10.0 Å². The van der Waals surface area contributed by atoms with E-state index in [0.717, 1.165) is 31.2 Å². The second-order valence-electron chi connectivity index (χ2n) is 6.51. The van der Waals surface area contributed by atoms with Gasteiger partial charge in [-0.1, -0.05) is 30.3 Å². The SMILES string of the molecule is CN(Cc1ccccc1)C(=O)CN(C)C1CCC(CO)CC1. The lowest BCUT2D eigenvalue weighted by Crippen LogP contribution is -2.42. The summed E-state index contributed by atoms with van der Waals surface area (Å²) in [6.45, 7) is 1.43. The normalized spacial score (nSPS) is 21.8. The first kappa shape index (κ1) is 17.0. The zero-order valence-corrected chi connectivity index (χ0v) is 13.7. The molecule has 1 aromatic rings. The van der Waals surface area contributed by atoms with Crippen LogP contribution in [0.1, 0.15) is 31.2 Å². The van der Waals surface area contributed by atoms with Crippen LogP contribution in [0.5, 0.6) is 0 Å². The zero-order valence-electron chi connectivity index (χ0n) is 13.7. The van der Waals surface area contributed by atoms with E-state index in [2.05, 4.69) is 4.90 Å². The topological polar surface area (TPSA) is 43.8 Å². The molecule has 0 heterocycles. The van der Waals surface area contributed by atoms with Crippen molar-refractivity contribution in [3.63, 3.8) is 0 Å². The summed E-state index contributed by atoms with van der Waals surface area (Å²) in [5.41, 5.74) is 1.16. The third kappa shape index (κ3) is 4.82. The molecule has 1 aliphatic carbocycles. The Kier molecular flexibility index (Phi) is 6.40. The number of likely N-dealkylation sites (N-methyl/N-ethyl adjacent to an activating group) is 2. The maximum absolute atomic E-state index is 12.4. The monoisotopic (exact) mass is 304 g/mol. The minimum absolute atomic E-state index is 0.163. The van der Waals surface area contributed by atoms with Gasteiger partial charge in [-0.05, 0) is 44.2 Å². The van der Waals surface area contributed by atoms with E-state index in [-0.39, 0.29) is 5.91 Å². The van der Waals surface area contributed by atoms with Crippen molar-refractivity contribution in [1.82, 2.24) is 9.80 Å². The lowest BCUT2D eigenvalue weighted by atomic mass is 9.86. The molecule has 1 amide bonds. The lowest BCUT2D eigenvalue weighted by Gasteiger charge is -2.34. The first-order valence-corrected chi connectivity index (χ1v) is 8.19. The van der Waals surface area contributed by atoms with Gasteiger partial charge in [-0.3, -0.25) is 9.69 Å². The second kappa shape index (κ2) is 8.30. The van der Waals surface area contributed by atoms with Crippen LogP contribution in [-0.4, -0.2) is 54.1 Å². The van der Waals surface area contributed by atoms with Gasteiger partial charge in [-0.25, -0.2) is 0 Å². The van der Waals surface area contributed by atoms with Gasteiger partial charge in [0.15, 0.2) is 0 Å². The van der Waals surface area contributed by atoms with Gasteiger partial charge in [0.05, 0.1) is 6.54 Å². The summed E-state index contributed by atoms with van der Waals surface area (Å²) < 4.78 is 0. The van der Waals surface area contributed by atoms with Crippen molar-refractivity contribution < 1.29 is 9.90 Å². The molecule has 1 aliphatic rings. The van der Waals surface area contributed by atoms with E-state index in [1.165, 1.54) is 0 Å². The fraction of sp³-hybridized carbons (Fsp3) is 0.611. The van der Waals surface area contributed by atoms with Crippen molar-refractivity contribution in [2.24, 2.45) is 5.92 Å². The molecule has 0 aliphatic heterocycles. The van der Waals surface area contributed by atoms with Crippen LogP contribution in [-0.2, 0) is 11.3 Å². The zero-order chi connectivity index (χ0) is 15.9. The minimum Gasteiger partial charge on any atom is -0.396 e. The van der Waals surface area contributed by atoms with Crippen LogP contribution in [0, 0.1) is 5.92 Å². The van der Waals surface area contributed by atoms with E-state index >= 15 is 0 Å². The van der Waals surface area contributed by atoms with Gasteiger partial charge in [0.1, 0.15) is 0 Å². The van der Waals surface area contributed by atoms with Gasteiger partial charge in [0.25, 0.3) is 0 Å². The molecule has 4 nitrogen and oxygen atoms in total. The predicted octanol–water partition coefficient (Wildman–Crippen LogP) is 2.13. The summed E-state index contributed by atoms with van der Waals surface area (Å²) in [6.07, 6.45) is 4.30. The van der Waals surface area contributed by atoms with Gasteiger partial charge >= 0.3 is 0 Å². The van der Waals surface area contributed by atoms with Crippen molar-refractivity contribution in [2.75, 3.05) is 27.2 Å². The molecule has 0 saturated heterocycles. The van der Waals surface area contributed by atoms with Crippen LogP contribution in [0.3, 0.4) is 0 Å². The summed E-state index contributed by atoms with van der Waals surface area (Å²) in [5.74, 6) is 0.622. The highest BCUT2D eigenvalue weighted by atomic mass is 16.3. The Morgan fingerprint density at radius 1 is 1.14 bits per heavy atom. The molecule has 0 bridgehead atoms. The molecule has 122 valence electrons. The highest BCUT2D eigenvalue weighted by Crippen LogP contribution is 2.26. The number of amides is 1. The Morgan fingerprint density at radius 2 is 1.77 bits per heavy atom. The average Bonchev–Trinajstić information content (AvgIpc) is 2.55. The number of benzene rings is 1. The van der Waals surface area contributed by atoms with Gasteiger partial charge in [0.2, 0.25) is 5.91 Å². The van der Waals surface area contributed by atoms with E-state index in [0.29, 0.717) is 31.7 Å². The molecular weight excluding hydrogens is 276 g/mol. The molecule has 4 heteroatoms. The number of aliphatic hydroxyl groups excluding tert-OH is 1. The summed E-state index contributed by atoms with van der Waals surface area (Å²) >= 11 is 0. The molecule has 1 saturated carbocycles. The predicted molar refractivity (Wildman–Crippen MR) is 88.4 cm³/mol. The molecule has 1 N–H and O–H groups in total. The third-order valence-electron chi connectivity index (χ3n) is 4.77. The van der Waals surface area contributed by atoms with Crippen molar-refractivity contribution in [3.8, 4) is 0 Å². The maximum Gasteiger partial charge on any atom is 0.236 e. The lowest BCUT2D eigenvalue weighted by molar-refractivity contribution is -0.132. The first-order chi connectivity index (χ1) is 10.6. The highest BCUT2D eigenvalue weighted by Gasteiger charge is 2.25. The van der Waals surface area contributed by atoms with Crippen LogP contribution >= 0.6 is 0 Å². The van der Waals surface area contributed by atoms with E-state index < -0.39 is 0 Å².